The zero-order chi connectivity index (χ0) is 13.4. The number of thiophene rings is 1. The second-order valence-electron chi connectivity index (χ2n) is 3.76. The molecule has 1 heterocycles. The molecule has 0 fully saturated rings. The number of aliphatic imine (C=N–C) groups is 1. The Morgan fingerprint density at radius 3 is 2.94 bits per heavy atom. The van der Waals surface area contributed by atoms with Crippen LogP contribution >= 0.6 is 11.3 Å². The standard InChI is InChI=1S/C11H19N3O2S2/c1-2-18(15,16)9-7-14-11(12)13-6-5-10-4-3-8-17-10/h3-4,8H,2,5-7,9H2,1H3,(H3,12,13,14). The third kappa shape index (κ3) is 6.02. The average Bonchev–Trinajstić information content (AvgIpc) is 2.82. The van der Waals surface area contributed by atoms with Crippen molar-refractivity contribution in [3.05, 3.63) is 22.4 Å². The summed E-state index contributed by atoms with van der Waals surface area (Å²) in [5, 5.41) is 4.99. The molecule has 102 valence electrons. The predicted octanol–water partition coefficient (Wildman–Crippen LogP) is 0.630. The van der Waals surface area contributed by atoms with E-state index in [9.17, 15) is 8.42 Å². The Hall–Kier alpha value is -1.08. The van der Waals surface area contributed by atoms with Crippen LogP contribution in [0, 0.1) is 0 Å². The molecule has 1 rings (SSSR count). The first-order valence-corrected chi connectivity index (χ1v) is 8.50. The highest BCUT2D eigenvalue weighted by atomic mass is 32.2. The van der Waals surface area contributed by atoms with Crippen molar-refractivity contribution >= 4 is 27.1 Å². The molecule has 0 aliphatic heterocycles. The Labute approximate surface area is 112 Å². The van der Waals surface area contributed by atoms with Crippen molar-refractivity contribution in [1.82, 2.24) is 5.32 Å². The summed E-state index contributed by atoms with van der Waals surface area (Å²) in [6, 6.07) is 4.07. The van der Waals surface area contributed by atoms with Crippen LogP contribution in [0.2, 0.25) is 0 Å². The molecule has 5 nitrogen and oxygen atoms in total. The number of hydrogen-bond acceptors (Lipinski definition) is 4. The van der Waals surface area contributed by atoms with E-state index >= 15 is 0 Å². The molecule has 0 bridgehead atoms. The van der Waals surface area contributed by atoms with E-state index in [1.54, 1.807) is 18.3 Å². The van der Waals surface area contributed by atoms with Gasteiger partial charge in [-0.05, 0) is 17.9 Å². The Morgan fingerprint density at radius 2 is 2.33 bits per heavy atom. The maximum absolute atomic E-state index is 11.2. The number of rotatable bonds is 7. The van der Waals surface area contributed by atoms with Crippen LogP contribution in [0.5, 0.6) is 0 Å². The first-order chi connectivity index (χ1) is 8.53. The zero-order valence-electron chi connectivity index (χ0n) is 10.4. The van der Waals surface area contributed by atoms with Crippen LogP contribution in [-0.4, -0.2) is 39.0 Å². The zero-order valence-corrected chi connectivity index (χ0v) is 12.1. The molecule has 1 aromatic heterocycles. The summed E-state index contributed by atoms with van der Waals surface area (Å²) < 4.78 is 22.4. The third-order valence-electron chi connectivity index (χ3n) is 2.38. The van der Waals surface area contributed by atoms with Gasteiger partial charge in [0.1, 0.15) is 0 Å². The summed E-state index contributed by atoms with van der Waals surface area (Å²) in [6.07, 6.45) is 0.890. The molecule has 0 aromatic carbocycles. The Balaban J connectivity index is 2.22. The Morgan fingerprint density at radius 1 is 1.56 bits per heavy atom. The van der Waals surface area contributed by atoms with Crippen molar-refractivity contribution in [2.75, 3.05) is 24.6 Å². The van der Waals surface area contributed by atoms with Gasteiger partial charge in [-0.3, -0.25) is 4.99 Å². The van der Waals surface area contributed by atoms with E-state index in [2.05, 4.69) is 16.4 Å². The molecular weight excluding hydrogens is 270 g/mol. The molecule has 0 saturated carbocycles. The highest BCUT2D eigenvalue weighted by molar-refractivity contribution is 7.91. The van der Waals surface area contributed by atoms with E-state index in [-0.39, 0.29) is 18.1 Å². The summed E-state index contributed by atoms with van der Waals surface area (Å²) in [5.41, 5.74) is 5.63. The van der Waals surface area contributed by atoms with Crippen LogP contribution in [0.1, 0.15) is 11.8 Å². The highest BCUT2D eigenvalue weighted by Crippen LogP contribution is 2.07. The summed E-state index contributed by atoms with van der Waals surface area (Å²) in [7, 11) is -2.96. The van der Waals surface area contributed by atoms with Crippen LogP contribution in [0.25, 0.3) is 0 Å². The van der Waals surface area contributed by atoms with Crippen molar-refractivity contribution in [2.45, 2.75) is 13.3 Å². The normalized spacial score (nSPS) is 12.6. The molecule has 7 heteroatoms. The second kappa shape index (κ2) is 7.38. The van der Waals surface area contributed by atoms with E-state index in [1.807, 2.05) is 11.4 Å². The molecule has 0 aliphatic rings. The van der Waals surface area contributed by atoms with Gasteiger partial charge in [0.05, 0.1) is 12.3 Å². The van der Waals surface area contributed by atoms with Gasteiger partial charge >= 0.3 is 0 Å². The van der Waals surface area contributed by atoms with Gasteiger partial charge in [0, 0.05) is 17.2 Å². The quantitative estimate of drug-likeness (QED) is 0.569. The highest BCUT2D eigenvalue weighted by Gasteiger charge is 2.05. The van der Waals surface area contributed by atoms with E-state index in [4.69, 9.17) is 5.73 Å². The molecule has 0 amide bonds. The number of nitrogens with one attached hydrogen (secondary N) is 1. The predicted molar refractivity (Wildman–Crippen MR) is 76.8 cm³/mol. The molecule has 0 saturated heterocycles. The van der Waals surface area contributed by atoms with Crippen LogP contribution in [-0.2, 0) is 16.3 Å². The maximum Gasteiger partial charge on any atom is 0.188 e. The number of nitrogens with two attached hydrogens (primary N) is 1. The minimum Gasteiger partial charge on any atom is -0.370 e. The van der Waals surface area contributed by atoms with E-state index < -0.39 is 9.84 Å². The Kier molecular flexibility index (Phi) is 6.14. The summed E-state index contributed by atoms with van der Waals surface area (Å²) in [6.45, 7) is 2.55. The van der Waals surface area contributed by atoms with Gasteiger partial charge in [-0.15, -0.1) is 11.3 Å². The molecule has 0 unspecified atom stereocenters. The first kappa shape index (κ1) is 15.0. The molecule has 18 heavy (non-hydrogen) atoms. The fourth-order valence-electron chi connectivity index (χ4n) is 1.27. The lowest BCUT2D eigenvalue weighted by atomic mass is 10.3. The maximum atomic E-state index is 11.2. The van der Waals surface area contributed by atoms with Gasteiger partial charge in [-0.1, -0.05) is 13.0 Å². The van der Waals surface area contributed by atoms with Crippen molar-refractivity contribution in [3.8, 4) is 0 Å². The van der Waals surface area contributed by atoms with Gasteiger partial charge < -0.3 is 11.1 Å². The van der Waals surface area contributed by atoms with Gasteiger partial charge in [0.25, 0.3) is 0 Å². The van der Waals surface area contributed by atoms with E-state index in [0.717, 1.165) is 6.42 Å². The topological polar surface area (TPSA) is 84.5 Å². The van der Waals surface area contributed by atoms with Crippen LogP contribution < -0.4 is 11.1 Å². The van der Waals surface area contributed by atoms with Crippen molar-refractivity contribution < 1.29 is 8.42 Å². The summed E-state index contributed by atoms with van der Waals surface area (Å²) in [5.74, 6) is 0.503. The van der Waals surface area contributed by atoms with Crippen LogP contribution in [0.3, 0.4) is 0 Å². The lowest BCUT2D eigenvalue weighted by Gasteiger charge is -2.04. The minimum atomic E-state index is -2.96. The third-order valence-corrected chi connectivity index (χ3v) is 5.00. The molecule has 3 N–H and O–H groups in total. The number of nitrogens with zero attached hydrogens (tertiary/aromatic N) is 1. The van der Waals surface area contributed by atoms with Crippen molar-refractivity contribution in [3.63, 3.8) is 0 Å². The van der Waals surface area contributed by atoms with Crippen LogP contribution in [0.4, 0.5) is 0 Å². The van der Waals surface area contributed by atoms with Crippen molar-refractivity contribution in [1.29, 1.82) is 0 Å². The first-order valence-electron chi connectivity index (χ1n) is 5.80. The second-order valence-corrected chi connectivity index (χ2v) is 7.26. The van der Waals surface area contributed by atoms with Gasteiger partial charge in [-0.25, -0.2) is 8.42 Å². The summed E-state index contributed by atoms with van der Waals surface area (Å²) >= 11 is 1.70. The van der Waals surface area contributed by atoms with E-state index in [1.165, 1.54) is 4.88 Å². The smallest absolute Gasteiger partial charge is 0.188 e. The van der Waals surface area contributed by atoms with Gasteiger partial charge in [0.2, 0.25) is 0 Å². The summed E-state index contributed by atoms with van der Waals surface area (Å²) in [4.78, 5) is 5.27. The number of sulfone groups is 1. The average molecular weight is 289 g/mol. The molecule has 0 radical (unpaired) electrons. The fourth-order valence-corrected chi connectivity index (χ4v) is 2.64. The fraction of sp³-hybridized carbons (Fsp3) is 0.545. The SMILES string of the molecule is CCS(=O)(=O)CCN=C(N)NCCc1cccs1. The molecular formula is C11H19N3O2S2. The Bertz CT molecular complexity index is 466. The van der Waals surface area contributed by atoms with Gasteiger partial charge in [-0.2, -0.15) is 0 Å². The lowest BCUT2D eigenvalue weighted by molar-refractivity contribution is 0.597. The van der Waals surface area contributed by atoms with Crippen LogP contribution in [0.15, 0.2) is 22.5 Å². The molecule has 0 atom stereocenters. The van der Waals surface area contributed by atoms with E-state index in [0.29, 0.717) is 12.5 Å². The molecule has 0 aliphatic carbocycles. The minimum absolute atomic E-state index is 0.0524. The largest absolute Gasteiger partial charge is 0.370 e. The number of hydrogen-bond donors (Lipinski definition) is 2. The van der Waals surface area contributed by atoms with Gasteiger partial charge in [0.15, 0.2) is 15.8 Å². The van der Waals surface area contributed by atoms with Crippen molar-refractivity contribution in [2.24, 2.45) is 10.7 Å². The molecule has 1 aromatic rings. The lowest BCUT2D eigenvalue weighted by Crippen LogP contribution is -2.33. The monoisotopic (exact) mass is 289 g/mol. The number of guanidine groups is 1. The molecule has 0 spiro atoms.